The van der Waals surface area contributed by atoms with Crippen molar-refractivity contribution in [3.8, 4) is 0 Å². The minimum atomic E-state index is -0.507. The fourth-order valence-corrected chi connectivity index (χ4v) is 2.80. The molecule has 1 aromatic rings. The molecular formula is C15H25NO2. The quantitative estimate of drug-likeness (QED) is 0.845. The molecule has 1 aromatic heterocycles. The van der Waals surface area contributed by atoms with Crippen molar-refractivity contribution in [2.24, 2.45) is 5.92 Å². The zero-order valence-corrected chi connectivity index (χ0v) is 11.5. The van der Waals surface area contributed by atoms with E-state index in [9.17, 15) is 5.11 Å². The van der Waals surface area contributed by atoms with Crippen LogP contribution >= 0.6 is 0 Å². The summed E-state index contributed by atoms with van der Waals surface area (Å²) >= 11 is 0. The standard InChI is InChI=1S/C15H25NO2/c1-3-13-6-8-15(17,9-7-13)11-16-10-14-5-4-12(2)18-14/h4-5,13,16-17H,3,6-11H2,1-2H3. The van der Waals surface area contributed by atoms with Gasteiger partial charge in [-0.25, -0.2) is 0 Å². The highest BCUT2D eigenvalue weighted by Gasteiger charge is 2.32. The van der Waals surface area contributed by atoms with E-state index in [4.69, 9.17) is 4.42 Å². The first-order valence-corrected chi connectivity index (χ1v) is 7.10. The topological polar surface area (TPSA) is 45.4 Å². The molecule has 1 fully saturated rings. The van der Waals surface area contributed by atoms with Crippen LogP contribution in [0.1, 0.15) is 50.5 Å². The van der Waals surface area contributed by atoms with Gasteiger partial charge in [-0.1, -0.05) is 13.3 Å². The first-order valence-electron chi connectivity index (χ1n) is 7.10. The average Bonchev–Trinajstić information content (AvgIpc) is 2.76. The molecule has 3 heteroatoms. The second-order valence-electron chi connectivity index (χ2n) is 5.69. The van der Waals surface area contributed by atoms with Gasteiger partial charge in [-0.3, -0.25) is 0 Å². The lowest BCUT2D eigenvalue weighted by atomic mass is 9.78. The Labute approximate surface area is 110 Å². The molecule has 0 unspecified atom stereocenters. The van der Waals surface area contributed by atoms with Crippen molar-refractivity contribution in [3.63, 3.8) is 0 Å². The van der Waals surface area contributed by atoms with Crippen molar-refractivity contribution in [3.05, 3.63) is 23.7 Å². The lowest BCUT2D eigenvalue weighted by Gasteiger charge is -2.35. The van der Waals surface area contributed by atoms with Crippen molar-refractivity contribution in [1.82, 2.24) is 5.32 Å². The number of hydrogen-bond acceptors (Lipinski definition) is 3. The van der Waals surface area contributed by atoms with E-state index in [1.54, 1.807) is 0 Å². The van der Waals surface area contributed by atoms with E-state index in [0.29, 0.717) is 13.1 Å². The summed E-state index contributed by atoms with van der Waals surface area (Å²) in [5.41, 5.74) is -0.507. The summed E-state index contributed by atoms with van der Waals surface area (Å²) in [7, 11) is 0. The molecule has 1 aliphatic carbocycles. The predicted molar refractivity (Wildman–Crippen MR) is 72.4 cm³/mol. The maximum Gasteiger partial charge on any atom is 0.117 e. The summed E-state index contributed by atoms with van der Waals surface area (Å²) in [5.74, 6) is 2.70. The van der Waals surface area contributed by atoms with Crippen LogP contribution in [0.3, 0.4) is 0 Å². The van der Waals surface area contributed by atoms with Crippen molar-refractivity contribution < 1.29 is 9.52 Å². The molecule has 1 heterocycles. The van der Waals surface area contributed by atoms with Gasteiger partial charge in [0.05, 0.1) is 12.1 Å². The molecular weight excluding hydrogens is 226 g/mol. The summed E-state index contributed by atoms with van der Waals surface area (Å²) in [6, 6.07) is 3.96. The summed E-state index contributed by atoms with van der Waals surface area (Å²) in [4.78, 5) is 0. The Morgan fingerprint density at radius 1 is 1.39 bits per heavy atom. The van der Waals surface area contributed by atoms with Gasteiger partial charge >= 0.3 is 0 Å². The van der Waals surface area contributed by atoms with Crippen LogP contribution in [0.25, 0.3) is 0 Å². The minimum absolute atomic E-state index is 0.507. The Bertz CT molecular complexity index is 364. The normalized spacial score (nSPS) is 28.5. The first-order chi connectivity index (χ1) is 8.61. The van der Waals surface area contributed by atoms with Gasteiger partial charge in [-0.15, -0.1) is 0 Å². The van der Waals surface area contributed by atoms with Gasteiger partial charge in [0, 0.05) is 6.54 Å². The lowest BCUT2D eigenvalue weighted by Crippen LogP contribution is -2.43. The Morgan fingerprint density at radius 2 is 2.11 bits per heavy atom. The maximum absolute atomic E-state index is 10.5. The lowest BCUT2D eigenvalue weighted by molar-refractivity contribution is -0.00907. The molecule has 0 spiro atoms. The molecule has 1 saturated carbocycles. The second-order valence-corrected chi connectivity index (χ2v) is 5.69. The minimum Gasteiger partial charge on any atom is -0.465 e. The van der Waals surface area contributed by atoms with Crippen LogP contribution in [0.5, 0.6) is 0 Å². The third-order valence-corrected chi connectivity index (χ3v) is 4.16. The van der Waals surface area contributed by atoms with Gasteiger partial charge in [0.2, 0.25) is 0 Å². The Morgan fingerprint density at radius 3 is 2.67 bits per heavy atom. The van der Waals surface area contributed by atoms with E-state index >= 15 is 0 Å². The highest BCUT2D eigenvalue weighted by atomic mass is 16.3. The molecule has 0 aromatic carbocycles. The second kappa shape index (κ2) is 5.89. The molecule has 0 atom stereocenters. The van der Waals surface area contributed by atoms with E-state index in [0.717, 1.165) is 43.1 Å². The molecule has 3 nitrogen and oxygen atoms in total. The third-order valence-electron chi connectivity index (χ3n) is 4.16. The molecule has 2 N–H and O–H groups in total. The van der Waals surface area contributed by atoms with Crippen LogP contribution in [-0.2, 0) is 6.54 Å². The van der Waals surface area contributed by atoms with Crippen LogP contribution < -0.4 is 5.32 Å². The SMILES string of the molecule is CCC1CCC(O)(CNCc2ccc(C)o2)CC1. The Kier molecular flexibility index (Phi) is 4.46. The highest BCUT2D eigenvalue weighted by molar-refractivity contribution is 5.05. The van der Waals surface area contributed by atoms with Crippen LogP contribution in [0, 0.1) is 12.8 Å². The Hall–Kier alpha value is -0.800. The van der Waals surface area contributed by atoms with Crippen LogP contribution in [-0.4, -0.2) is 17.3 Å². The van der Waals surface area contributed by atoms with Crippen molar-refractivity contribution >= 4 is 0 Å². The average molecular weight is 251 g/mol. The van der Waals surface area contributed by atoms with Gasteiger partial charge in [-0.2, -0.15) is 0 Å². The molecule has 0 aliphatic heterocycles. The van der Waals surface area contributed by atoms with Gasteiger partial charge in [-0.05, 0) is 50.7 Å². The molecule has 0 saturated heterocycles. The largest absolute Gasteiger partial charge is 0.465 e. The van der Waals surface area contributed by atoms with Crippen LogP contribution in [0.2, 0.25) is 0 Å². The van der Waals surface area contributed by atoms with Crippen molar-refractivity contribution in [1.29, 1.82) is 0 Å². The van der Waals surface area contributed by atoms with Crippen LogP contribution in [0.15, 0.2) is 16.5 Å². The molecule has 1 aliphatic rings. The molecule has 0 amide bonds. The summed E-state index contributed by atoms with van der Waals surface area (Å²) in [5, 5.41) is 13.8. The number of rotatable bonds is 5. The van der Waals surface area contributed by atoms with Gasteiger partial charge in [0.15, 0.2) is 0 Å². The number of furan rings is 1. The summed E-state index contributed by atoms with van der Waals surface area (Å²) in [6.07, 6.45) is 5.42. The smallest absolute Gasteiger partial charge is 0.117 e. The van der Waals surface area contributed by atoms with E-state index in [1.165, 1.54) is 6.42 Å². The molecule has 0 radical (unpaired) electrons. The monoisotopic (exact) mass is 251 g/mol. The van der Waals surface area contributed by atoms with Gasteiger partial charge in [0.1, 0.15) is 11.5 Å². The summed E-state index contributed by atoms with van der Waals surface area (Å²) in [6.45, 7) is 5.56. The zero-order valence-electron chi connectivity index (χ0n) is 11.5. The van der Waals surface area contributed by atoms with Crippen molar-refractivity contribution in [2.45, 2.75) is 58.1 Å². The van der Waals surface area contributed by atoms with E-state index < -0.39 is 5.60 Å². The summed E-state index contributed by atoms with van der Waals surface area (Å²) < 4.78 is 5.50. The maximum atomic E-state index is 10.5. The Balaban J connectivity index is 1.73. The number of aliphatic hydroxyl groups is 1. The molecule has 18 heavy (non-hydrogen) atoms. The van der Waals surface area contributed by atoms with E-state index in [2.05, 4.69) is 12.2 Å². The van der Waals surface area contributed by atoms with Gasteiger partial charge < -0.3 is 14.8 Å². The third kappa shape index (κ3) is 3.59. The predicted octanol–water partition coefficient (Wildman–Crippen LogP) is 3.01. The molecule has 102 valence electrons. The van der Waals surface area contributed by atoms with E-state index in [-0.39, 0.29) is 0 Å². The highest BCUT2D eigenvalue weighted by Crippen LogP contribution is 2.33. The van der Waals surface area contributed by atoms with E-state index in [1.807, 2.05) is 19.1 Å². The molecule has 0 bridgehead atoms. The fourth-order valence-electron chi connectivity index (χ4n) is 2.80. The van der Waals surface area contributed by atoms with Crippen molar-refractivity contribution in [2.75, 3.05) is 6.54 Å². The van der Waals surface area contributed by atoms with Gasteiger partial charge in [0.25, 0.3) is 0 Å². The first kappa shape index (κ1) is 13.6. The number of hydrogen-bond donors (Lipinski definition) is 2. The van der Waals surface area contributed by atoms with Crippen LogP contribution in [0.4, 0.5) is 0 Å². The zero-order chi connectivity index (χ0) is 13.0. The fraction of sp³-hybridized carbons (Fsp3) is 0.733. The molecule has 2 rings (SSSR count). The number of nitrogens with one attached hydrogen (secondary N) is 1. The number of aryl methyl sites for hydroxylation is 1.